The smallest absolute Gasteiger partial charge is 0.222 e. The molecule has 0 saturated carbocycles. The second kappa shape index (κ2) is 3.98. The van der Waals surface area contributed by atoms with Crippen molar-refractivity contribution in [3.05, 3.63) is 35.9 Å². The van der Waals surface area contributed by atoms with Gasteiger partial charge in [0.1, 0.15) is 6.17 Å². The second-order valence-electron chi connectivity index (χ2n) is 2.76. The average molecular weight is 228 g/mol. The van der Waals surface area contributed by atoms with E-state index in [1.807, 2.05) is 30.3 Å². The van der Waals surface area contributed by atoms with Crippen LogP contribution in [0.1, 0.15) is 11.7 Å². The first-order valence-electron chi connectivity index (χ1n) is 4.05. The molecule has 2 rings (SSSR count). The molecule has 1 aromatic carbocycles. The Morgan fingerprint density at radius 2 is 1.86 bits per heavy atom. The largest absolute Gasteiger partial charge is 0.335 e. The van der Waals surface area contributed by atoms with Gasteiger partial charge in [0.15, 0.2) is 0 Å². The summed E-state index contributed by atoms with van der Waals surface area (Å²) in [5, 5.41) is 3.34. The molecule has 0 aliphatic carbocycles. The Hall–Kier alpha value is -1.06. The van der Waals surface area contributed by atoms with Crippen LogP contribution >= 0.6 is 23.2 Å². The molecule has 0 saturated heterocycles. The van der Waals surface area contributed by atoms with Crippen LogP contribution < -0.4 is 5.32 Å². The third-order valence-electron chi connectivity index (χ3n) is 1.80. The highest BCUT2D eigenvalue weighted by Crippen LogP contribution is 2.18. The minimum atomic E-state index is -0.242. The maximum absolute atomic E-state index is 5.73. The predicted octanol–water partition coefficient (Wildman–Crippen LogP) is 2.48. The molecule has 1 aliphatic heterocycles. The molecule has 1 unspecified atom stereocenters. The molecule has 1 N–H and O–H groups in total. The normalized spacial score (nSPS) is 20.9. The first-order valence-corrected chi connectivity index (χ1v) is 4.80. The maximum atomic E-state index is 5.73. The van der Waals surface area contributed by atoms with E-state index < -0.39 is 0 Å². The molecule has 0 radical (unpaired) electrons. The predicted molar refractivity (Wildman–Crippen MR) is 58.9 cm³/mol. The van der Waals surface area contributed by atoms with Crippen LogP contribution in [-0.4, -0.2) is 10.6 Å². The molecule has 1 heterocycles. The fraction of sp³-hybridized carbons (Fsp3) is 0.111. The topological polar surface area (TPSA) is 36.8 Å². The van der Waals surface area contributed by atoms with Crippen LogP contribution in [0.15, 0.2) is 40.3 Å². The Bertz CT molecular complexity index is 386. The SMILES string of the molecule is ClC1=NC(c2ccccc2)NC(Cl)=N1. The van der Waals surface area contributed by atoms with E-state index in [0.717, 1.165) is 5.56 Å². The van der Waals surface area contributed by atoms with Gasteiger partial charge in [0.2, 0.25) is 10.6 Å². The van der Waals surface area contributed by atoms with Gasteiger partial charge in [0.25, 0.3) is 0 Å². The number of rotatable bonds is 1. The van der Waals surface area contributed by atoms with Crippen LogP contribution in [-0.2, 0) is 0 Å². The maximum Gasteiger partial charge on any atom is 0.222 e. The van der Waals surface area contributed by atoms with Crippen molar-refractivity contribution in [1.29, 1.82) is 0 Å². The summed E-state index contributed by atoms with van der Waals surface area (Å²) in [6.45, 7) is 0. The van der Waals surface area contributed by atoms with Gasteiger partial charge >= 0.3 is 0 Å². The van der Waals surface area contributed by atoms with Crippen molar-refractivity contribution in [3.8, 4) is 0 Å². The molecular weight excluding hydrogens is 221 g/mol. The molecular formula is C9H7Cl2N3. The van der Waals surface area contributed by atoms with E-state index in [0.29, 0.717) is 0 Å². The summed E-state index contributed by atoms with van der Waals surface area (Å²) < 4.78 is 0. The summed E-state index contributed by atoms with van der Waals surface area (Å²) in [6.07, 6.45) is -0.242. The van der Waals surface area contributed by atoms with Gasteiger partial charge in [-0.2, -0.15) is 4.99 Å². The highest BCUT2D eigenvalue weighted by atomic mass is 35.5. The van der Waals surface area contributed by atoms with E-state index in [-0.39, 0.29) is 16.8 Å². The highest BCUT2D eigenvalue weighted by molar-refractivity contribution is 6.71. The summed E-state index contributed by atoms with van der Waals surface area (Å²) in [6, 6.07) is 9.69. The van der Waals surface area contributed by atoms with Crippen molar-refractivity contribution in [2.45, 2.75) is 6.17 Å². The third kappa shape index (κ3) is 2.05. The zero-order chi connectivity index (χ0) is 9.97. The van der Waals surface area contributed by atoms with E-state index in [9.17, 15) is 0 Å². The molecule has 5 heteroatoms. The molecule has 0 aromatic heterocycles. The first-order chi connectivity index (χ1) is 6.75. The molecule has 1 aliphatic rings. The summed E-state index contributed by atoms with van der Waals surface area (Å²) in [7, 11) is 0. The number of halogens is 2. The van der Waals surface area contributed by atoms with Crippen molar-refractivity contribution >= 4 is 33.8 Å². The number of benzene rings is 1. The molecule has 1 aromatic rings. The molecule has 0 fully saturated rings. The zero-order valence-electron chi connectivity index (χ0n) is 7.11. The van der Waals surface area contributed by atoms with Crippen molar-refractivity contribution in [3.63, 3.8) is 0 Å². The van der Waals surface area contributed by atoms with E-state index in [2.05, 4.69) is 15.3 Å². The Morgan fingerprint density at radius 1 is 1.14 bits per heavy atom. The van der Waals surface area contributed by atoms with E-state index in [1.54, 1.807) is 0 Å². The molecule has 3 nitrogen and oxygen atoms in total. The molecule has 0 bridgehead atoms. The van der Waals surface area contributed by atoms with Gasteiger partial charge in [-0.15, -0.1) is 0 Å². The minimum Gasteiger partial charge on any atom is -0.335 e. The standard InChI is InChI=1S/C9H7Cl2N3/c10-8-12-7(13-9(11)14-8)6-4-2-1-3-5-6/h1-5,7H,(H,12,13,14). The summed E-state index contributed by atoms with van der Waals surface area (Å²) in [5.41, 5.74) is 0.999. The van der Waals surface area contributed by atoms with Crippen LogP contribution in [0, 0.1) is 0 Å². The molecule has 0 spiro atoms. The fourth-order valence-electron chi connectivity index (χ4n) is 1.19. The Morgan fingerprint density at radius 3 is 2.50 bits per heavy atom. The van der Waals surface area contributed by atoms with Crippen LogP contribution in [0.25, 0.3) is 0 Å². The fourth-order valence-corrected chi connectivity index (χ4v) is 1.60. The van der Waals surface area contributed by atoms with Gasteiger partial charge in [0, 0.05) is 0 Å². The van der Waals surface area contributed by atoms with Crippen LogP contribution in [0.2, 0.25) is 0 Å². The van der Waals surface area contributed by atoms with Gasteiger partial charge in [-0.25, -0.2) is 4.99 Å². The Balaban J connectivity index is 2.27. The Labute approximate surface area is 91.5 Å². The quantitative estimate of drug-likeness (QED) is 0.736. The van der Waals surface area contributed by atoms with Crippen LogP contribution in [0.4, 0.5) is 0 Å². The second-order valence-corrected chi connectivity index (χ2v) is 3.45. The lowest BCUT2D eigenvalue weighted by atomic mass is 10.2. The number of nitrogens with zero attached hydrogens (tertiary/aromatic N) is 2. The third-order valence-corrected chi connectivity index (χ3v) is 2.17. The van der Waals surface area contributed by atoms with Crippen LogP contribution in [0.5, 0.6) is 0 Å². The van der Waals surface area contributed by atoms with Gasteiger partial charge in [-0.1, -0.05) is 30.3 Å². The lowest BCUT2D eigenvalue weighted by Crippen LogP contribution is -2.27. The molecule has 0 amide bonds. The summed E-state index contributed by atoms with van der Waals surface area (Å²) >= 11 is 11.4. The summed E-state index contributed by atoms with van der Waals surface area (Å²) in [4.78, 5) is 7.85. The van der Waals surface area contributed by atoms with E-state index in [4.69, 9.17) is 23.2 Å². The van der Waals surface area contributed by atoms with Crippen molar-refractivity contribution in [2.24, 2.45) is 9.98 Å². The van der Waals surface area contributed by atoms with Gasteiger partial charge in [0.05, 0.1) is 0 Å². The van der Waals surface area contributed by atoms with Gasteiger partial charge < -0.3 is 5.32 Å². The Kier molecular flexibility index (Phi) is 2.70. The van der Waals surface area contributed by atoms with Crippen molar-refractivity contribution < 1.29 is 0 Å². The average Bonchev–Trinajstić information content (AvgIpc) is 2.18. The monoisotopic (exact) mass is 227 g/mol. The van der Waals surface area contributed by atoms with Crippen molar-refractivity contribution in [2.75, 3.05) is 0 Å². The number of nitrogens with one attached hydrogen (secondary N) is 1. The molecule has 14 heavy (non-hydrogen) atoms. The number of hydrogen-bond acceptors (Lipinski definition) is 3. The number of amidine groups is 2. The molecule has 1 atom stereocenters. The number of hydrogen-bond donors (Lipinski definition) is 1. The van der Waals surface area contributed by atoms with Crippen LogP contribution in [0.3, 0.4) is 0 Å². The van der Waals surface area contributed by atoms with Gasteiger partial charge in [-0.05, 0) is 28.8 Å². The molecule has 72 valence electrons. The zero-order valence-corrected chi connectivity index (χ0v) is 8.63. The van der Waals surface area contributed by atoms with E-state index >= 15 is 0 Å². The first kappa shape index (κ1) is 9.49. The summed E-state index contributed by atoms with van der Waals surface area (Å²) in [5.74, 6) is 0. The van der Waals surface area contributed by atoms with E-state index in [1.165, 1.54) is 0 Å². The van der Waals surface area contributed by atoms with Gasteiger partial charge in [-0.3, -0.25) is 0 Å². The lowest BCUT2D eigenvalue weighted by molar-refractivity contribution is 0.682. The lowest BCUT2D eigenvalue weighted by Gasteiger charge is -2.17. The van der Waals surface area contributed by atoms with Crippen molar-refractivity contribution in [1.82, 2.24) is 5.32 Å². The minimum absolute atomic E-state index is 0.169. The number of aliphatic imine (C=N–C) groups is 2. The highest BCUT2D eigenvalue weighted by Gasteiger charge is 2.15.